The number of fused-ring (bicyclic) bond motifs is 33. The Morgan fingerprint density at radius 1 is 0.117 bits per heavy atom. The third-order valence-corrected chi connectivity index (χ3v) is 29.5. The van der Waals surface area contributed by atoms with Crippen LogP contribution in [0.25, 0.3) is 174 Å². The number of benzene rings is 25. The fourth-order valence-electron chi connectivity index (χ4n) is 23.5. The van der Waals surface area contributed by atoms with E-state index in [2.05, 4.69) is 400 Å². The summed E-state index contributed by atoms with van der Waals surface area (Å²) in [7, 11) is 0. The first-order valence-electron chi connectivity index (χ1n) is 47.1. The summed E-state index contributed by atoms with van der Waals surface area (Å²) in [6, 6.07) is 163. The zero-order valence-electron chi connectivity index (χ0n) is 74.0. The monoisotopic (exact) mass is 1740 g/mol. The van der Waals surface area contributed by atoms with Gasteiger partial charge < -0.3 is 28.4 Å². The second-order valence-corrected chi connectivity index (χ2v) is 36.7. The van der Waals surface area contributed by atoms with E-state index in [9.17, 15) is 0 Å². The fraction of sp³-hybridized carbons (Fsp3) is 0. The lowest BCUT2D eigenvalue weighted by atomic mass is 9.35. The van der Waals surface area contributed by atoms with Crippen molar-refractivity contribution in [3.05, 3.63) is 455 Å². The van der Waals surface area contributed by atoms with Crippen LogP contribution in [0.1, 0.15) is 0 Å². The first-order valence-corrected chi connectivity index (χ1v) is 47.1. The zero-order valence-corrected chi connectivity index (χ0v) is 74.0. The number of para-hydroxylation sites is 4. The molecule has 31 rings (SSSR count). The molecular formula is C128H75B3O6. The maximum Gasteiger partial charge on any atom is 0.260 e. The summed E-state index contributed by atoms with van der Waals surface area (Å²) in [6.07, 6.45) is 0. The molecule has 0 amide bonds. The van der Waals surface area contributed by atoms with E-state index < -0.39 is 0 Å². The number of hydrogen-bond donors (Lipinski definition) is 0. The Hall–Kier alpha value is -17.6. The summed E-state index contributed by atoms with van der Waals surface area (Å²) in [5, 5.41) is 27.9. The highest BCUT2D eigenvalue weighted by Gasteiger charge is 2.44. The first kappa shape index (κ1) is 77.0. The van der Waals surface area contributed by atoms with Crippen molar-refractivity contribution in [3.63, 3.8) is 0 Å². The highest BCUT2D eigenvalue weighted by Crippen LogP contribution is 2.51. The lowest BCUT2D eigenvalue weighted by Gasteiger charge is -2.33. The van der Waals surface area contributed by atoms with Crippen molar-refractivity contribution in [3.8, 4) is 125 Å². The van der Waals surface area contributed by atoms with Gasteiger partial charge in [0.05, 0.1) is 0 Å². The van der Waals surface area contributed by atoms with Crippen LogP contribution >= 0.6 is 0 Å². The van der Waals surface area contributed by atoms with Gasteiger partial charge >= 0.3 is 0 Å². The molecule has 6 aliphatic heterocycles. The molecule has 0 atom stereocenters. The van der Waals surface area contributed by atoms with Gasteiger partial charge in [-0.3, -0.25) is 0 Å². The molecule has 0 fully saturated rings. The van der Waals surface area contributed by atoms with Crippen LogP contribution in [0.5, 0.6) is 69.0 Å². The Bertz CT molecular complexity index is 9460. The van der Waals surface area contributed by atoms with E-state index in [0.29, 0.717) is 0 Å². The van der Waals surface area contributed by atoms with E-state index in [1.54, 1.807) is 0 Å². The molecule has 0 unspecified atom stereocenters. The van der Waals surface area contributed by atoms with Crippen molar-refractivity contribution in [1.29, 1.82) is 0 Å². The molecule has 0 bridgehead atoms. The molecule has 25 aromatic carbocycles. The van der Waals surface area contributed by atoms with Gasteiger partial charge in [-0.05, 0) is 310 Å². The van der Waals surface area contributed by atoms with E-state index in [1.807, 2.05) is 54.6 Å². The van der Waals surface area contributed by atoms with Gasteiger partial charge in [0, 0.05) is 16.4 Å². The summed E-state index contributed by atoms with van der Waals surface area (Å²) >= 11 is 0. The molecule has 0 saturated carbocycles. The molecule has 9 heteroatoms. The second-order valence-electron chi connectivity index (χ2n) is 36.7. The minimum Gasteiger partial charge on any atom is -0.458 e. The Morgan fingerprint density at radius 2 is 0.365 bits per heavy atom. The molecule has 6 heterocycles. The second kappa shape index (κ2) is 30.5. The molecule has 25 aromatic rings. The van der Waals surface area contributed by atoms with Crippen LogP contribution in [0, 0.1) is 0 Å². The highest BCUT2D eigenvalue weighted by atomic mass is 16.5. The number of ether oxygens (including phenoxy) is 6. The van der Waals surface area contributed by atoms with Gasteiger partial charge in [0.1, 0.15) is 69.0 Å². The zero-order chi connectivity index (χ0) is 89.6. The van der Waals surface area contributed by atoms with Gasteiger partial charge in [-0.1, -0.05) is 352 Å². The molecule has 6 aliphatic rings. The molecule has 632 valence electrons. The Balaban J connectivity index is 0.0000000994. The Kier molecular flexibility index (Phi) is 17.1. The quantitative estimate of drug-likeness (QED) is 0.126. The summed E-state index contributed by atoms with van der Waals surface area (Å²) in [6.45, 7) is 0.164. The average Bonchev–Trinajstić information content (AvgIpc) is 0.725. The van der Waals surface area contributed by atoms with Crippen LogP contribution in [0.15, 0.2) is 455 Å². The van der Waals surface area contributed by atoms with Crippen molar-refractivity contribution in [2.75, 3.05) is 0 Å². The summed E-state index contributed by atoms with van der Waals surface area (Å²) in [5.74, 6) is 10.6. The highest BCUT2D eigenvalue weighted by molar-refractivity contribution is 6.99. The predicted octanol–water partition coefficient (Wildman–Crippen LogP) is 28.3. The molecule has 0 aromatic heterocycles. The Labute approximate surface area is 790 Å². The maximum absolute atomic E-state index is 6.66. The van der Waals surface area contributed by atoms with Crippen LogP contribution < -0.4 is 77.6 Å². The maximum atomic E-state index is 6.66. The van der Waals surface area contributed by atoms with Gasteiger partial charge in [0.25, 0.3) is 20.1 Å². The number of rotatable bonds is 5. The topological polar surface area (TPSA) is 55.4 Å². The molecule has 6 nitrogen and oxygen atoms in total. The van der Waals surface area contributed by atoms with Crippen LogP contribution in [-0.4, -0.2) is 20.1 Å². The van der Waals surface area contributed by atoms with Crippen molar-refractivity contribution in [2.24, 2.45) is 0 Å². The Morgan fingerprint density at radius 3 is 0.774 bits per heavy atom. The van der Waals surface area contributed by atoms with E-state index >= 15 is 0 Å². The largest absolute Gasteiger partial charge is 0.458 e. The molecular weight excluding hydrogens is 1670 g/mol. The lowest BCUT2D eigenvalue weighted by molar-refractivity contribution is 0.464. The molecule has 0 N–H and O–H groups in total. The van der Waals surface area contributed by atoms with Gasteiger partial charge in [-0.15, -0.1) is 0 Å². The summed E-state index contributed by atoms with van der Waals surface area (Å²) in [4.78, 5) is 0. The van der Waals surface area contributed by atoms with Crippen molar-refractivity contribution in [2.45, 2.75) is 0 Å². The number of hydrogen-bond acceptors (Lipinski definition) is 6. The molecule has 0 aliphatic carbocycles. The van der Waals surface area contributed by atoms with Crippen LogP contribution in [-0.2, 0) is 0 Å². The molecule has 0 spiro atoms. The lowest BCUT2D eigenvalue weighted by Crippen LogP contribution is -2.57. The first-order chi connectivity index (χ1) is 67.9. The third-order valence-electron chi connectivity index (χ3n) is 29.5. The normalized spacial score (nSPS) is 12.8. The third kappa shape index (κ3) is 11.9. The average molecular weight is 1740 g/mol. The van der Waals surface area contributed by atoms with E-state index in [0.717, 1.165) is 108 Å². The van der Waals surface area contributed by atoms with Gasteiger partial charge in [0.15, 0.2) is 0 Å². The van der Waals surface area contributed by atoms with E-state index in [1.165, 1.54) is 185 Å². The molecule has 0 radical (unpaired) electrons. The van der Waals surface area contributed by atoms with Gasteiger partial charge in [-0.25, -0.2) is 0 Å². The van der Waals surface area contributed by atoms with Crippen molar-refractivity contribution < 1.29 is 28.4 Å². The van der Waals surface area contributed by atoms with E-state index in [4.69, 9.17) is 28.4 Å². The SMILES string of the molecule is c1ccc(-c2cc3c4ccccc4c(-c4cc5c6c(c4)Oc4ccccc4B6c4ccccc4O5)cc3c3ccccc23)cc1.c1ccc(-c2cc3c4ccccc4c(-c4ccc5c(c4)B4c6ccccc6Oc6cccc(c64)O5)cc3c3ccccc23)cc1.c1ccc2c(c1)Oc1cccc3c1B2c1ccc(-c2ccc4c(c2)c2ccccc2c2c5ccccc5c5ccccc5c42)cc1O3. The predicted molar refractivity (Wildman–Crippen MR) is 572 cm³/mol. The fourth-order valence-corrected chi connectivity index (χ4v) is 23.5. The van der Waals surface area contributed by atoms with Gasteiger partial charge in [0.2, 0.25) is 0 Å². The molecule has 0 saturated heterocycles. The minimum absolute atomic E-state index is 0.0332. The van der Waals surface area contributed by atoms with Crippen LogP contribution in [0.3, 0.4) is 0 Å². The summed E-state index contributed by atoms with van der Waals surface area (Å²) < 4.78 is 39.1. The minimum atomic E-state index is 0.0332. The summed E-state index contributed by atoms with van der Waals surface area (Å²) in [5.41, 5.74) is 22.2. The van der Waals surface area contributed by atoms with Crippen LogP contribution in [0.2, 0.25) is 0 Å². The molecule has 137 heavy (non-hydrogen) atoms. The van der Waals surface area contributed by atoms with E-state index in [-0.39, 0.29) is 20.1 Å². The van der Waals surface area contributed by atoms with Crippen LogP contribution in [0.4, 0.5) is 0 Å². The van der Waals surface area contributed by atoms with Crippen molar-refractivity contribution >= 4 is 188 Å². The van der Waals surface area contributed by atoms with Crippen molar-refractivity contribution in [1.82, 2.24) is 0 Å². The smallest absolute Gasteiger partial charge is 0.260 e. The van der Waals surface area contributed by atoms with Gasteiger partial charge in [-0.2, -0.15) is 0 Å². The standard InChI is InChI=1S/C44H25BO2.2C42H25BO2/c1-4-13-31-28(10-1)29-11-2-5-14-32(29)43-34-22-20-26(24-35(34)30-12-3-6-15-33(30)42(31)43)27-21-23-37-41(25-27)47-40-19-9-18-39-44(40)45(37)36-16-7-8-17-38(36)46-39;1-2-12-26(13-3-1)32-24-34-31-17-7-5-15-29(31)33(25-35(34)30-16-6-4-14-28(30)32)27-22-40-42-41(23-27)45-39-21-11-9-19-37(39)43(42)36-18-8-10-20-38(36)44-40;1-2-11-26(12-3-1)32-24-34-31-16-7-5-14-29(31)33(25-35(34)30-15-6-4-13-28(30)32)27-21-22-39-37(23-27)43-36-17-8-9-18-38(36)44-40-19-10-20-41(45-39)42(40)43/h1-25H;2*1-25H.